The Bertz CT molecular complexity index is 966. The molecular formula is C20H19N3O2S. The van der Waals surface area contributed by atoms with E-state index in [1.54, 1.807) is 16.7 Å². The zero-order valence-corrected chi connectivity index (χ0v) is 15.3. The maximum atomic E-state index is 12.6. The van der Waals surface area contributed by atoms with Crippen LogP contribution in [0.2, 0.25) is 0 Å². The average Bonchev–Trinajstić information content (AvgIpc) is 3.26. The number of thioether (sulfide) groups is 1. The number of para-hydroxylation sites is 3. The Hall–Kier alpha value is -2.73. The van der Waals surface area contributed by atoms with Crippen LogP contribution in [0.15, 0.2) is 59.6 Å². The molecule has 0 radical (unpaired) electrons. The summed E-state index contributed by atoms with van der Waals surface area (Å²) in [5.41, 5.74) is 2.03. The number of ether oxygens (including phenoxy) is 1. The van der Waals surface area contributed by atoms with Gasteiger partial charge in [0.1, 0.15) is 11.6 Å². The van der Waals surface area contributed by atoms with Crippen LogP contribution in [0.3, 0.4) is 0 Å². The maximum Gasteiger partial charge on any atom is 0.265 e. The molecule has 3 aromatic rings. The molecule has 2 aromatic carbocycles. The summed E-state index contributed by atoms with van der Waals surface area (Å²) in [4.78, 5) is 19.0. The molecule has 1 saturated heterocycles. The topological polar surface area (TPSA) is 47.4 Å². The van der Waals surface area contributed by atoms with Crippen molar-refractivity contribution in [3.05, 3.63) is 65.5 Å². The van der Waals surface area contributed by atoms with Crippen molar-refractivity contribution in [2.75, 3.05) is 18.9 Å². The first-order valence-corrected chi connectivity index (χ1v) is 9.45. The monoisotopic (exact) mass is 365 g/mol. The number of fused-ring (bicyclic) bond motifs is 1. The number of imidazole rings is 1. The van der Waals surface area contributed by atoms with Gasteiger partial charge in [0.25, 0.3) is 5.91 Å². The highest BCUT2D eigenvalue weighted by atomic mass is 32.2. The van der Waals surface area contributed by atoms with Gasteiger partial charge in [-0.25, -0.2) is 4.98 Å². The normalized spacial score (nSPS) is 15.7. The summed E-state index contributed by atoms with van der Waals surface area (Å²) in [6.45, 7) is 0.724. The Morgan fingerprint density at radius 1 is 1.19 bits per heavy atom. The molecule has 26 heavy (non-hydrogen) atoms. The van der Waals surface area contributed by atoms with Crippen LogP contribution in [0, 0.1) is 0 Å². The molecule has 5 nitrogen and oxygen atoms in total. The number of carbonyl (C=O) groups is 1. The largest absolute Gasteiger partial charge is 0.484 e. The fourth-order valence-electron chi connectivity index (χ4n) is 2.94. The van der Waals surface area contributed by atoms with Crippen LogP contribution in [-0.2, 0) is 11.8 Å². The lowest BCUT2D eigenvalue weighted by molar-refractivity contribution is -0.130. The fourth-order valence-corrected chi connectivity index (χ4v) is 3.96. The molecular weight excluding hydrogens is 346 g/mol. The standard InChI is InChI=1S/C20H19N3O2S/c1-22-17-10-6-5-9-16(17)21-18(22)13-20-23(11-12-26-20)19(24)14-25-15-7-3-2-4-8-15/h2-10,13H,11-12,14H2,1H3/b20-13+. The molecule has 132 valence electrons. The second-order valence-electron chi connectivity index (χ2n) is 6.00. The second kappa shape index (κ2) is 7.25. The molecule has 0 aliphatic carbocycles. The predicted molar refractivity (Wildman–Crippen MR) is 105 cm³/mol. The summed E-state index contributed by atoms with van der Waals surface area (Å²) in [6, 6.07) is 17.4. The molecule has 1 aliphatic heterocycles. The van der Waals surface area contributed by atoms with Gasteiger partial charge in [-0.3, -0.25) is 4.79 Å². The maximum absolute atomic E-state index is 12.6. The third kappa shape index (κ3) is 3.32. The molecule has 6 heteroatoms. The first-order chi connectivity index (χ1) is 12.7. The Labute approximate surface area is 156 Å². The minimum Gasteiger partial charge on any atom is -0.484 e. The Balaban J connectivity index is 1.52. The molecule has 1 fully saturated rings. The highest BCUT2D eigenvalue weighted by Gasteiger charge is 2.25. The molecule has 0 N–H and O–H groups in total. The van der Waals surface area contributed by atoms with E-state index < -0.39 is 0 Å². The summed E-state index contributed by atoms with van der Waals surface area (Å²) in [5.74, 6) is 2.39. The van der Waals surface area contributed by atoms with E-state index in [9.17, 15) is 4.79 Å². The molecule has 0 spiro atoms. The molecule has 1 amide bonds. The van der Waals surface area contributed by atoms with E-state index in [0.717, 1.165) is 27.6 Å². The summed E-state index contributed by atoms with van der Waals surface area (Å²) in [6.07, 6.45) is 1.98. The number of rotatable bonds is 4. The van der Waals surface area contributed by atoms with Gasteiger partial charge in [-0.1, -0.05) is 30.3 Å². The van der Waals surface area contributed by atoms with Crippen molar-refractivity contribution in [3.63, 3.8) is 0 Å². The third-order valence-electron chi connectivity index (χ3n) is 4.31. The average molecular weight is 365 g/mol. The number of aromatic nitrogens is 2. The number of benzene rings is 2. The predicted octanol–water partition coefficient (Wildman–Crippen LogP) is 3.53. The van der Waals surface area contributed by atoms with Crippen molar-refractivity contribution in [2.45, 2.75) is 0 Å². The van der Waals surface area contributed by atoms with Crippen molar-refractivity contribution in [1.29, 1.82) is 0 Å². The summed E-state index contributed by atoms with van der Waals surface area (Å²) in [7, 11) is 1.99. The van der Waals surface area contributed by atoms with Crippen LogP contribution in [0.5, 0.6) is 5.75 Å². The molecule has 4 rings (SSSR count). The van der Waals surface area contributed by atoms with Crippen molar-refractivity contribution >= 4 is 34.8 Å². The van der Waals surface area contributed by atoms with Crippen molar-refractivity contribution in [3.8, 4) is 5.75 Å². The fraction of sp³-hybridized carbons (Fsp3) is 0.200. The van der Waals surface area contributed by atoms with E-state index in [0.29, 0.717) is 12.3 Å². The minimum atomic E-state index is -0.0381. The van der Waals surface area contributed by atoms with Crippen LogP contribution >= 0.6 is 11.8 Å². The molecule has 0 atom stereocenters. The quantitative estimate of drug-likeness (QED) is 0.710. The number of amides is 1. The highest BCUT2D eigenvalue weighted by Crippen LogP contribution is 2.30. The molecule has 0 saturated carbocycles. The lowest BCUT2D eigenvalue weighted by Crippen LogP contribution is -2.31. The molecule has 1 aromatic heterocycles. The van der Waals surface area contributed by atoms with E-state index in [1.165, 1.54) is 0 Å². The van der Waals surface area contributed by atoms with E-state index in [2.05, 4.69) is 4.98 Å². The zero-order chi connectivity index (χ0) is 17.9. The SMILES string of the molecule is Cn1c(/C=C2/SCCN2C(=O)COc2ccccc2)nc2ccccc21. The Kier molecular flexibility index (Phi) is 4.67. The van der Waals surface area contributed by atoms with Crippen LogP contribution in [0.1, 0.15) is 5.82 Å². The first-order valence-electron chi connectivity index (χ1n) is 8.46. The van der Waals surface area contributed by atoms with Crippen LogP contribution < -0.4 is 4.74 Å². The number of hydrogen-bond donors (Lipinski definition) is 0. The van der Waals surface area contributed by atoms with Crippen molar-refractivity contribution in [1.82, 2.24) is 14.5 Å². The second-order valence-corrected chi connectivity index (χ2v) is 7.11. The van der Waals surface area contributed by atoms with Gasteiger partial charge in [0.05, 0.1) is 16.1 Å². The number of aryl methyl sites for hydroxylation is 1. The minimum absolute atomic E-state index is 0.0322. The van der Waals surface area contributed by atoms with E-state index in [4.69, 9.17) is 4.74 Å². The van der Waals surface area contributed by atoms with E-state index >= 15 is 0 Å². The van der Waals surface area contributed by atoms with Crippen molar-refractivity contribution in [2.24, 2.45) is 7.05 Å². The number of hydrogen-bond acceptors (Lipinski definition) is 4. The first kappa shape index (κ1) is 16.7. The lowest BCUT2D eigenvalue weighted by Gasteiger charge is -2.17. The molecule has 0 bridgehead atoms. The summed E-state index contributed by atoms with van der Waals surface area (Å²) in [5, 5.41) is 0.921. The van der Waals surface area contributed by atoms with Gasteiger partial charge < -0.3 is 14.2 Å². The highest BCUT2D eigenvalue weighted by molar-refractivity contribution is 8.03. The van der Waals surface area contributed by atoms with Gasteiger partial charge >= 0.3 is 0 Å². The Morgan fingerprint density at radius 2 is 1.96 bits per heavy atom. The van der Waals surface area contributed by atoms with E-state index in [-0.39, 0.29) is 12.5 Å². The number of carbonyl (C=O) groups excluding carboxylic acids is 1. The van der Waals surface area contributed by atoms with Gasteiger partial charge in [-0.2, -0.15) is 0 Å². The van der Waals surface area contributed by atoms with Gasteiger partial charge in [-0.15, -0.1) is 11.8 Å². The lowest BCUT2D eigenvalue weighted by atomic mass is 10.3. The molecule has 2 heterocycles. The summed E-state index contributed by atoms with van der Waals surface area (Å²) >= 11 is 1.67. The number of nitrogens with zero attached hydrogens (tertiary/aromatic N) is 3. The van der Waals surface area contributed by atoms with Gasteiger partial charge in [0.15, 0.2) is 6.61 Å². The zero-order valence-electron chi connectivity index (χ0n) is 14.5. The van der Waals surface area contributed by atoms with Gasteiger partial charge in [0, 0.05) is 25.4 Å². The van der Waals surface area contributed by atoms with Crippen LogP contribution in [0.25, 0.3) is 17.1 Å². The smallest absolute Gasteiger partial charge is 0.265 e. The summed E-state index contributed by atoms with van der Waals surface area (Å²) < 4.78 is 7.65. The van der Waals surface area contributed by atoms with Gasteiger partial charge in [-0.05, 0) is 24.3 Å². The van der Waals surface area contributed by atoms with Crippen LogP contribution in [0.4, 0.5) is 0 Å². The van der Waals surface area contributed by atoms with Crippen molar-refractivity contribution < 1.29 is 9.53 Å². The van der Waals surface area contributed by atoms with Gasteiger partial charge in [0.2, 0.25) is 0 Å². The Morgan fingerprint density at radius 3 is 2.77 bits per heavy atom. The molecule has 1 aliphatic rings. The third-order valence-corrected chi connectivity index (χ3v) is 5.33. The van der Waals surface area contributed by atoms with Crippen LogP contribution in [-0.4, -0.2) is 39.3 Å². The molecule has 0 unspecified atom stereocenters. The van der Waals surface area contributed by atoms with E-state index in [1.807, 2.05) is 72.3 Å².